The number of nitrogens with zero attached hydrogens (tertiary/aromatic N) is 5. The molecule has 0 aromatic heterocycles. The van der Waals surface area contributed by atoms with E-state index in [1.165, 1.54) is 0 Å². The first-order valence-electron chi connectivity index (χ1n) is 19.2. The Kier molecular flexibility index (Phi) is 12.8. The van der Waals surface area contributed by atoms with E-state index >= 15 is 0 Å². The summed E-state index contributed by atoms with van der Waals surface area (Å²) in [6.45, 7) is 11.8. The summed E-state index contributed by atoms with van der Waals surface area (Å²) in [5.74, 6) is -0.795. The first-order chi connectivity index (χ1) is 26.2. The first-order valence-corrected chi connectivity index (χ1v) is 20.0. The van der Waals surface area contributed by atoms with Gasteiger partial charge in [-0.3, -0.25) is 34.3 Å². The second-order valence-corrected chi connectivity index (χ2v) is 16.5. The van der Waals surface area contributed by atoms with E-state index in [1.54, 1.807) is 29.2 Å². The monoisotopic (exact) mass is 790 g/mol. The Bertz CT molecular complexity index is 1830. The number of piperazine rings is 1. The maximum atomic E-state index is 13.6. The van der Waals surface area contributed by atoms with Gasteiger partial charge in [-0.15, -0.1) is 0 Å². The third kappa shape index (κ3) is 9.30. The Morgan fingerprint density at radius 2 is 1.75 bits per heavy atom. The molecule has 55 heavy (non-hydrogen) atoms. The minimum absolute atomic E-state index is 0.0938. The Morgan fingerprint density at radius 1 is 1.04 bits per heavy atom. The molecule has 0 radical (unpaired) electrons. The van der Waals surface area contributed by atoms with Crippen molar-refractivity contribution in [3.8, 4) is 6.07 Å². The van der Waals surface area contributed by atoms with Gasteiger partial charge in [0.25, 0.3) is 5.91 Å². The summed E-state index contributed by atoms with van der Waals surface area (Å²) in [5, 5.41) is 18.6. The zero-order valence-electron chi connectivity index (χ0n) is 32.0. The van der Waals surface area contributed by atoms with Gasteiger partial charge in [0.05, 0.1) is 28.9 Å². The highest BCUT2D eigenvalue weighted by atomic mass is 35.5. The number of benzene rings is 2. The largest absolute Gasteiger partial charge is 0.378 e. The Hall–Kier alpha value is -4.13. The van der Waals surface area contributed by atoms with Crippen LogP contribution < -0.4 is 20.9 Å². The number of carbonyl (C=O) groups is 4. The Labute approximate surface area is 333 Å². The van der Waals surface area contributed by atoms with Gasteiger partial charge in [0.15, 0.2) is 5.11 Å². The number of anilines is 3. The number of nitrogens with one attached hydrogen (secondary N) is 3. The van der Waals surface area contributed by atoms with Crippen molar-refractivity contribution in [2.24, 2.45) is 0 Å². The fourth-order valence-electron chi connectivity index (χ4n) is 8.44. The van der Waals surface area contributed by atoms with E-state index in [9.17, 15) is 24.4 Å². The predicted octanol–water partition coefficient (Wildman–Crippen LogP) is 4.89. The molecule has 0 bridgehead atoms. The van der Waals surface area contributed by atoms with Crippen LogP contribution in [0.1, 0.15) is 78.2 Å². The average molecular weight is 791 g/mol. The second-order valence-electron chi connectivity index (χ2n) is 15.7. The highest BCUT2D eigenvalue weighted by Crippen LogP contribution is 2.39. The summed E-state index contributed by atoms with van der Waals surface area (Å²) >= 11 is 12.2. The molecule has 2 aromatic carbocycles. The van der Waals surface area contributed by atoms with Gasteiger partial charge in [-0.05, 0) is 115 Å². The zero-order valence-corrected chi connectivity index (χ0v) is 33.5. The van der Waals surface area contributed by atoms with Gasteiger partial charge < -0.3 is 25.2 Å². The molecule has 1 aliphatic carbocycles. The van der Waals surface area contributed by atoms with Crippen LogP contribution >= 0.6 is 23.8 Å². The van der Waals surface area contributed by atoms with Crippen molar-refractivity contribution < 1.29 is 23.9 Å². The van der Waals surface area contributed by atoms with Crippen LogP contribution in [0.25, 0.3) is 0 Å². The number of hydrogen-bond acceptors (Lipinski definition) is 10. The molecule has 3 saturated heterocycles. The quantitative estimate of drug-likeness (QED) is 0.153. The molecule has 3 aliphatic heterocycles. The molecule has 3 heterocycles. The zero-order chi connectivity index (χ0) is 39.4. The lowest BCUT2D eigenvalue weighted by Crippen LogP contribution is -2.58. The highest BCUT2D eigenvalue weighted by molar-refractivity contribution is 7.80. The lowest BCUT2D eigenvalue weighted by molar-refractivity contribution is -0.133. The molecule has 3 N–H and O–H groups in total. The summed E-state index contributed by atoms with van der Waals surface area (Å²) in [4.78, 5) is 58.7. The minimum atomic E-state index is -0.803. The SMILES string of the molecule is C[C@@H]1CN(CCCOC2CCC(N3C(=S)N(c4ccc(C#N)c(Cl)c4)C(=O)C3(C)C)CC2)C[C@H](C)N1CC(=O)Nc1cccc(NC2CCC(=O)NC2=O)c1. The van der Waals surface area contributed by atoms with Crippen molar-refractivity contribution in [1.29, 1.82) is 5.26 Å². The molecule has 4 fully saturated rings. The minimum Gasteiger partial charge on any atom is -0.378 e. The molecule has 1 unspecified atom stereocenters. The van der Waals surface area contributed by atoms with E-state index in [4.69, 9.17) is 28.6 Å². The third-order valence-electron chi connectivity index (χ3n) is 11.3. The van der Waals surface area contributed by atoms with Gasteiger partial charge in [0.2, 0.25) is 17.7 Å². The van der Waals surface area contributed by atoms with Crippen molar-refractivity contribution in [3.63, 3.8) is 0 Å². The molecule has 4 amide bonds. The normalized spacial score (nSPS) is 26.1. The molecular formula is C40H51ClN8O5S. The predicted molar refractivity (Wildman–Crippen MR) is 216 cm³/mol. The fourth-order valence-corrected chi connectivity index (χ4v) is 9.22. The summed E-state index contributed by atoms with van der Waals surface area (Å²) in [6, 6.07) is 14.3. The van der Waals surface area contributed by atoms with E-state index in [2.05, 4.69) is 50.6 Å². The third-order valence-corrected chi connectivity index (χ3v) is 12.0. The van der Waals surface area contributed by atoms with E-state index in [0.29, 0.717) is 52.2 Å². The number of nitriles is 1. The van der Waals surface area contributed by atoms with Crippen molar-refractivity contribution in [3.05, 3.63) is 53.1 Å². The van der Waals surface area contributed by atoms with Crippen molar-refractivity contribution in [1.82, 2.24) is 20.0 Å². The second kappa shape index (κ2) is 17.3. The highest BCUT2D eigenvalue weighted by Gasteiger charge is 2.52. The van der Waals surface area contributed by atoms with Crippen molar-refractivity contribution in [2.45, 2.75) is 108 Å². The average Bonchev–Trinajstić information content (AvgIpc) is 3.32. The Morgan fingerprint density at radius 3 is 2.42 bits per heavy atom. The molecule has 1 saturated carbocycles. The van der Waals surface area contributed by atoms with E-state index in [0.717, 1.165) is 51.7 Å². The van der Waals surface area contributed by atoms with E-state index < -0.39 is 11.6 Å². The number of imide groups is 1. The van der Waals surface area contributed by atoms with Gasteiger partial charge in [0.1, 0.15) is 17.6 Å². The molecule has 3 atom stereocenters. The van der Waals surface area contributed by atoms with E-state index in [-0.39, 0.29) is 54.4 Å². The summed E-state index contributed by atoms with van der Waals surface area (Å²) in [7, 11) is 0. The van der Waals surface area contributed by atoms with Gasteiger partial charge in [0, 0.05) is 62.2 Å². The van der Waals surface area contributed by atoms with Gasteiger partial charge in [-0.2, -0.15) is 5.26 Å². The topological polar surface area (TPSA) is 150 Å². The molecule has 2 aromatic rings. The number of carbonyl (C=O) groups excluding carboxylic acids is 4. The summed E-state index contributed by atoms with van der Waals surface area (Å²) in [6.07, 6.45) is 5.34. The van der Waals surface area contributed by atoms with Gasteiger partial charge in [-0.1, -0.05) is 17.7 Å². The summed E-state index contributed by atoms with van der Waals surface area (Å²) < 4.78 is 6.36. The van der Waals surface area contributed by atoms with Crippen LogP contribution in [0, 0.1) is 11.3 Å². The van der Waals surface area contributed by atoms with Crippen molar-refractivity contribution >= 4 is 69.6 Å². The smallest absolute Gasteiger partial charge is 0.258 e. The first kappa shape index (κ1) is 40.5. The fraction of sp³-hybridized carbons (Fsp3) is 0.550. The molecule has 0 spiro atoms. The standard InChI is InChI=1S/C40H51ClN8O5S/c1-25-22-46(23-26(2)47(25)24-36(51)44-29-8-5-7-28(19-29)43-34-15-16-35(50)45-37(34)52)17-6-18-54-32-13-11-30(12-14-32)49-39(55)48(38(53)40(49,3)4)31-10-9-27(21-42)33(41)20-31/h5,7-10,19-20,25-26,30,32,34,43H,6,11-18,22-24H2,1-4H3,(H,44,51)(H,45,50,52)/t25-,26+,30?,32?,34?. The lowest BCUT2D eigenvalue weighted by atomic mass is 9.89. The maximum Gasteiger partial charge on any atom is 0.258 e. The number of amides is 4. The number of piperidine rings is 1. The lowest BCUT2D eigenvalue weighted by Gasteiger charge is -2.44. The van der Waals surface area contributed by atoms with Gasteiger partial charge in [-0.25, -0.2) is 0 Å². The van der Waals surface area contributed by atoms with Crippen LogP contribution in [0.3, 0.4) is 0 Å². The van der Waals surface area contributed by atoms with Crippen LogP contribution in [0.5, 0.6) is 0 Å². The Balaban J connectivity index is 0.904. The maximum absolute atomic E-state index is 13.6. The van der Waals surface area contributed by atoms with Crippen LogP contribution in [-0.2, 0) is 23.9 Å². The molecule has 13 nitrogen and oxygen atoms in total. The molecule has 4 aliphatic rings. The van der Waals surface area contributed by atoms with Crippen LogP contribution in [-0.4, -0.2) is 112 Å². The van der Waals surface area contributed by atoms with Crippen LogP contribution in [0.15, 0.2) is 42.5 Å². The number of ether oxygens (including phenoxy) is 1. The van der Waals surface area contributed by atoms with E-state index in [1.807, 2.05) is 32.0 Å². The molecule has 15 heteroatoms. The molecule has 6 rings (SSSR count). The van der Waals surface area contributed by atoms with Crippen LogP contribution in [0.4, 0.5) is 17.1 Å². The molecule has 294 valence electrons. The molecular weight excluding hydrogens is 740 g/mol. The number of thiocarbonyl (C=S) groups is 1. The summed E-state index contributed by atoms with van der Waals surface area (Å²) in [5.41, 5.74) is 1.47. The number of rotatable bonds is 12. The van der Waals surface area contributed by atoms with Crippen molar-refractivity contribution in [2.75, 3.05) is 48.3 Å². The number of hydrogen-bond donors (Lipinski definition) is 3. The van der Waals surface area contributed by atoms with Crippen LogP contribution in [0.2, 0.25) is 5.02 Å². The number of halogens is 1. The van der Waals surface area contributed by atoms with Gasteiger partial charge >= 0.3 is 0 Å².